The number of hydrogen-bond donors (Lipinski definition) is 0. The molecule has 0 amide bonds. The number of carbonyl (C=O) groups excluding carboxylic acids is 1. The largest absolute Gasteiger partial charge is 0.466 e. The Balaban J connectivity index is 2.22. The molecular formula is C14H15N5O2. The zero-order valence-electron chi connectivity index (χ0n) is 12.0. The zero-order chi connectivity index (χ0) is 15.0. The second kappa shape index (κ2) is 5.01. The van der Waals surface area contributed by atoms with Crippen molar-refractivity contribution in [2.45, 2.75) is 13.0 Å². The molecule has 1 aromatic heterocycles. The van der Waals surface area contributed by atoms with Gasteiger partial charge in [0.25, 0.3) is 5.95 Å². The van der Waals surface area contributed by atoms with E-state index >= 15 is 0 Å². The van der Waals surface area contributed by atoms with Crippen molar-refractivity contribution in [2.24, 2.45) is 0 Å². The van der Waals surface area contributed by atoms with Gasteiger partial charge in [-0.3, -0.25) is 0 Å². The van der Waals surface area contributed by atoms with Crippen molar-refractivity contribution in [3.05, 3.63) is 41.5 Å². The van der Waals surface area contributed by atoms with Gasteiger partial charge in [0.2, 0.25) is 0 Å². The fourth-order valence-electron chi connectivity index (χ4n) is 2.64. The Labute approximate surface area is 121 Å². The molecule has 0 bridgehead atoms. The van der Waals surface area contributed by atoms with Gasteiger partial charge in [0, 0.05) is 7.05 Å². The summed E-state index contributed by atoms with van der Waals surface area (Å²) in [6, 6.07) is 9.46. The van der Waals surface area contributed by atoms with Crippen molar-refractivity contribution in [2.75, 3.05) is 19.1 Å². The summed E-state index contributed by atoms with van der Waals surface area (Å²) in [6.07, 6.45) is 0. The van der Waals surface area contributed by atoms with Gasteiger partial charge in [0.15, 0.2) is 0 Å². The van der Waals surface area contributed by atoms with E-state index in [2.05, 4.69) is 15.5 Å². The van der Waals surface area contributed by atoms with Crippen LogP contribution in [0.25, 0.3) is 5.70 Å². The third-order valence-electron chi connectivity index (χ3n) is 3.66. The molecule has 0 N–H and O–H groups in total. The number of hydrogen-bond acceptors (Lipinski definition) is 6. The summed E-state index contributed by atoms with van der Waals surface area (Å²) in [5, 5.41) is 11.6. The Morgan fingerprint density at radius 2 is 2.00 bits per heavy atom. The van der Waals surface area contributed by atoms with Gasteiger partial charge in [-0.05, 0) is 22.9 Å². The maximum atomic E-state index is 12.2. The highest BCUT2D eigenvalue weighted by Gasteiger charge is 2.37. The molecule has 1 aliphatic heterocycles. The number of aromatic nitrogens is 4. The molecule has 2 heterocycles. The van der Waals surface area contributed by atoms with Crippen LogP contribution < -0.4 is 4.90 Å². The highest BCUT2D eigenvalue weighted by Crippen LogP contribution is 2.38. The maximum Gasteiger partial charge on any atom is 0.338 e. The number of fused-ring (bicyclic) bond motifs is 1. The van der Waals surface area contributed by atoms with Crippen molar-refractivity contribution in [1.29, 1.82) is 0 Å². The topological polar surface area (TPSA) is 73.1 Å². The number of rotatable bonds is 2. The standard InChI is InChI=1S/C14H15N5O2/c1-9-11(13(20)21-3)12(10-7-5-4-6-8-10)18(2)14-15-16-17-19(9)14/h4-8,12H,1-3H3. The van der Waals surface area contributed by atoms with Gasteiger partial charge in [-0.2, -0.15) is 4.68 Å². The normalized spacial score (nSPS) is 17.7. The van der Waals surface area contributed by atoms with Crippen LogP contribution in [0.5, 0.6) is 0 Å². The number of anilines is 1. The van der Waals surface area contributed by atoms with Gasteiger partial charge in [0.1, 0.15) is 0 Å². The van der Waals surface area contributed by atoms with Crippen LogP contribution in [0.1, 0.15) is 18.5 Å². The number of tetrazole rings is 1. The molecule has 1 aromatic carbocycles. The lowest BCUT2D eigenvalue weighted by molar-refractivity contribution is -0.136. The molecule has 7 nitrogen and oxygen atoms in total. The Hall–Kier alpha value is -2.70. The third-order valence-corrected chi connectivity index (χ3v) is 3.66. The van der Waals surface area contributed by atoms with Gasteiger partial charge in [-0.15, -0.1) is 0 Å². The first-order valence-corrected chi connectivity index (χ1v) is 6.50. The molecule has 0 saturated heterocycles. The minimum Gasteiger partial charge on any atom is -0.466 e. The Bertz CT molecular complexity index is 707. The van der Waals surface area contributed by atoms with Crippen molar-refractivity contribution in [3.63, 3.8) is 0 Å². The lowest BCUT2D eigenvalue weighted by atomic mass is 9.94. The van der Waals surface area contributed by atoms with E-state index in [0.717, 1.165) is 5.56 Å². The molecule has 7 heteroatoms. The summed E-state index contributed by atoms with van der Waals surface area (Å²) < 4.78 is 6.49. The van der Waals surface area contributed by atoms with Crippen molar-refractivity contribution in [3.8, 4) is 0 Å². The number of allylic oxidation sites excluding steroid dienone is 1. The highest BCUT2D eigenvalue weighted by molar-refractivity contribution is 5.97. The smallest absolute Gasteiger partial charge is 0.338 e. The lowest BCUT2D eigenvalue weighted by Gasteiger charge is -2.34. The number of methoxy groups -OCH3 is 1. The lowest BCUT2D eigenvalue weighted by Crippen LogP contribution is -2.36. The molecular weight excluding hydrogens is 270 g/mol. The molecule has 108 valence electrons. The summed E-state index contributed by atoms with van der Waals surface area (Å²) in [7, 11) is 3.23. The average Bonchev–Trinajstić information content (AvgIpc) is 3.01. The maximum absolute atomic E-state index is 12.2. The van der Waals surface area contributed by atoms with E-state index in [-0.39, 0.29) is 12.0 Å². The summed E-state index contributed by atoms with van der Waals surface area (Å²) in [5.74, 6) is 0.211. The first-order chi connectivity index (χ1) is 10.1. The van der Waals surface area contributed by atoms with Crippen molar-refractivity contribution < 1.29 is 9.53 Å². The fourth-order valence-corrected chi connectivity index (χ4v) is 2.64. The van der Waals surface area contributed by atoms with Crippen LogP contribution >= 0.6 is 0 Å². The third kappa shape index (κ3) is 1.97. The molecule has 0 saturated carbocycles. The summed E-state index contributed by atoms with van der Waals surface area (Å²) in [5.41, 5.74) is 2.19. The quantitative estimate of drug-likeness (QED) is 0.774. The van der Waals surface area contributed by atoms with E-state index in [0.29, 0.717) is 17.2 Å². The van der Waals surface area contributed by atoms with Gasteiger partial charge >= 0.3 is 5.97 Å². The molecule has 1 atom stereocenters. The van der Waals surface area contributed by atoms with Crippen LogP contribution in [0.4, 0.5) is 5.95 Å². The molecule has 21 heavy (non-hydrogen) atoms. The first-order valence-electron chi connectivity index (χ1n) is 6.50. The highest BCUT2D eigenvalue weighted by atomic mass is 16.5. The van der Waals surface area contributed by atoms with E-state index in [1.807, 2.05) is 49.2 Å². The van der Waals surface area contributed by atoms with Gasteiger partial charge in [-0.1, -0.05) is 35.4 Å². The second-order valence-corrected chi connectivity index (χ2v) is 4.81. The molecule has 1 aliphatic rings. The number of carbonyl (C=O) groups is 1. The van der Waals surface area contributed by atoms with Gasteiger partial charge in [0.05, 0.1) is 24.4 Å². The predicted molar refractivity (Wildman–Crippen MR) is 76.3 cm³/mol. The summed E-state index contributed by atoms with van der Waals surface area (Å²) >= 11 is 0. The van der Waals surface area contributed by atoms with Crippen LogP contribution in [0.15, 0.2) is 35.9 Å². The molecule has 0 radical (unpaired) electrons. The Kier molecular flexibility index (Phi) is 3.17. The number of ether oxygens (including phenoxy) is 1. The van der Waals surface area contributed by atoms with Gasteiger partial charge < -0.3 is 9.64 Å². The first kappa shape index (κ1) is 13.3. The van der Waals surface area contributed by atoms with E-state index in [1.165, 1.54) is 7.11 Å². The molecule has 1 unspecified atom stereocenters. The molecule has 2 aromatic rings. The van der Waals surface area contributed by atoms with E-state index < -0.39 is 0 Å². The summed E-state index contributed by atoms with van der Waals surface area (Å²) in [4.78, 5) is 14.1. The summed E-state index contributed by atoms with van der Waals surface area (Å²) in [6.45, 7) is 1.81. The van der Waals surface area contributed by atoms with Crippen LogP contribution in [-0.4, -0.2) is 40.3 Å². The van der Waals surface area contributed by atoms with Crippen LogP contribution in [-0.2, 0) is 9.53 Å². The van der Waals surface area contributed by atoms with E-state index in [9.17, 15) is 4.79 Å². The fraction of sp³-hybridized carbons (Fsp3) is 0.286. The number of esters is 1. The van der Waals surface area contributed by atoms with E-state index in [1.54, 1.807) is 4.68 Å². The molecule has 3 rings (SSSR count). The number of likely N-dealkylation sites (N-methyl/N-ethyl adjacent to an activating group) is 1. The predicted octanol–water partition coefficient (Wildman–Crippen LogP) is 1.27. The van der Waals surface area contributed by atoms with Crippen molar-refractivity contribution >= 4 is 17.6 Å². The van der Waals surface area contributed by atoms with Crippen LogP contribution in [0, 0.1) is 0 Å². The van der Waals surface area contributed by atoms with Gasteiger partial charge in [-0.25, -0.2) is 4.79 Å². The number of benzene rings is 1. The monoisotopic (exact) mass is 285 g/mol. The van der Waals surface area contributed by atoms with Crippen LogP contribution in [0.2, 0.25) is 0 Å². The second-order valence-electron chi connectivity index (χ2n) is 4.81. The average molecular weight is 285 g/mol. The van der Waals surface area contributed by atoms with Crippen molar-refractivity contribution in [1.82, 2.24) is 20.2 Å². The molecule has 0 fully saturated rings. The SMILES string of the molecule is COC(=O)C1=C(C)n2nnnc2N(C)C1c1ccccc1. The van der Waals surface area contributed by atoms with Crippen LogP contribution in [0.3, 0.4) is 0 Å². The minimum absolute atomic E-state index is 0.280. The Morgan fingerprint density at radius 1 is 1.29 bits per heavy atom. The Morgan fingerprint density at radius 3 is 2.67 bits per heavy atom. The number of nitrogens with zero attached hydrogens (tertiary/aromatic N) is 5. The van der Waals surface area contributed by atoms with E-state index in [4.69, 9.17) is 4.74 Å². The molecule has 0 aliphatic carbocycles. The zero-order valence-corrected chi connectivity index (χ0v) is 12.0. The minimum atomic E-state index is -0.380. The molecule has 0 spiro atoms.